The van der Waals surface area contributed by atoms with E-state index in [0.29, 0.717) is 28.4 Å². The predicted molar refractivity (Wildman–Crippen MR) is 118 cm³/mol. The minimum absolute atomic E-state index is 0.275. The molecule has 0 saturated heterocycles. The van der Waals surface area contributed by atoms with Crippen molar-refractivity contribution in [3.63, 3.8) is 0 Å². The summed E-state index contributed by atoms with van der Waals surface area (Å²) < 4.78 is 14.2. The molecular weight excluding hydrogens is 394 g/mol. The Hall–Kier alpha value is -4.07. The molecule has 8 nitrogen and oxygen atoms in total. The van der Waals surface area contributed by atoms with E-state index in [1.54, 1.807) is 48.2 Å². The molecule has 0 aliphatic heterocycles. The molecule has 0 saturated carbocycles. The number of carbonyl (C=O) groups is 1. The Morgan fingerprint density at radius 1 is 1.03 bits per heavy atom. The van der Waals surface area contributed by atoms with Crippen LogP contribution in [0.25, 0.3) is 16.9 Å². The van der Waals surface area contributed by atoms with Gasteiger partial charge in [-0.3, -0.25) is 9.48 Å². The van der Waals surface area contributed by atoms with Gasteiger partial charge in [0.1, 0.15) is 5.69 Å². The van der Waals surface area contributed by atoms with Crippen LogP contribution in [0.4, 0.5) is 5.69 Å². The Morgan fingerprint density at radius 2 is 1.81 bits per heavy atom. The van der Waals surface area contributed by atoms with Gasteiger partial charge in [-0.25, -0.2) is 4.68 Å². The Balaban J connectivity index is 1.77. The van der Waals surface area contributed by atoms with Crippen LogP contribution in [0.3, 0.4) is 0 Å². The largest absolute Gasteiger partial charge is 0.493 e. The fourth-order valence-corrected chi connectivity index (χ4v) is 3.25. The number of methoxy groups -OCH3 is 2. The lowest BCUT2D eigenvalue weighted by molar-refractivity contribution is 0.102. The summed E-state index contributed by atoms with van der Waals surface area (Å²) in [4.78, 5) is 13.2. The maximum Gasteiger partial charge on any atom is 0.259 e. The highest BCUT2D eigenvalue weighted by Crippen LogP contribution is 2.33. The van der Waals surface area contributed by atoms with E-state index in [1.807, 2.05) is 49.4 Å². The molecule has 8 heteroatoms. The van der Waals surface area contributed by atoms with Gasteiger partial charge in [0.2, 0.25) is 0 Å². The van der Waals surface area contributed by atoms with E-state index in [4.69, 9.17) is 14.6 Å². The molecule has 0 radical (unpaired) electrons. The number of para-hydroxylation sites is 1. The van der Waals surface area contributed by atoms with E-state index in [-0.39, 0.29) is 5.91 Å². The molecule has 0 aliphatic carbocycles. The van der Waals surface area contributed by atoms with Crippen molar-refractivity contribution >= 4 is 11.6 Å². The Kier molecular flexibility index (Phi) is 5.70. The minimum Gasteiger partial charge on any atom is -0.493 e. The van der Waals surface area contributed by atoms with E-state index >= 15 is 0 Å². The molecule has 2 heterocycles. The molecule has 0 bridgehead atoms. The van der Waals surface area contributed by atoms with Crippen molar-refractivity contribution in [3.8, 4) is 28.4 Å². The van der Waals surface area contributed by atoms with Crippen molar-refractivity contribution in [1.82, 2.24) is 19.6 Å². The Morgan fingerprint density at radius 3 is 2.48 bits per heavy atom. The maximum absolute atomic E-state index is 13.2. The van der Waals surface area contributed by atoms with Crippen LogP contribution in [0, 0.1) is 0 Å². The normalized spacial score (nSPS) is 10.7. The second-order valence-electron chi connectivity index (χ2n) is 6.78. The zero-order valence-electron chi connectivity index (χ0n) is 17.6. The van der Waals surface area contributed by atoms with Gasteiger partial charge in [0.15, 0.2) is 11.5 Å². The standard InChI is InChI=1S/C23H23N5O3/c1-4-27-14-17(13-24-27)25-23(29)19-15-28(18-8-6-5-7-9-18)26-22(19)16-10-11-20(30-2)21(12-16)31-3/h5-15H,4H2,1-3H3,(H,25,29). The van der Waals surface area contributed by atoms with E-state index in [9.17, 15) is 4.79 Å². The van der Waals surface area contributed by atoms with Crippen molar-refractivity contribution in [2.24, 2.45) is 0 Å². The fraction of sp³-hybridized carbons (Fsp3) is 0.174. The predicted octanol–water partition coefficient (Wildman–Crippen LogP) is 4.03. The fourth-order valence-electron chi connectivity index (χ4n) is 3.25. The molecule has 2 aromatic carbocycles. The average Bonchev–Trinajstić information content (AvgIpc) is 3.46. The molecule has 158 valence electrons. The zero-order valence-corrected chi connectivity index (χ0v) is 17.6. The summed E-state index contributed by atoms with van der Waals surface area (Å²) in [6, 6.07) is 15.1. The lowest BCUT2D eigenvalue weighted by Gasteiger charge is -2.09. The molecule has 0 spiro atoms. The number of rotatable bonds is 7. The second kappa shape index (κ2) is 8.74. The van der Waals surface area contributed by atoms with E-state index < -0.39 is 0 Å². The van der Waals surface area contributed by atoms with Crippen LogP contribution in [-0.4, -0.2) is 39.7 Å². The zero-order chi connectivity index (χ0) is 21.8. The molecule has 0 unspecified atom stereocenters. The number of benzene rings is 2. The summed E-state index contributed by atoms with van der Waals surface area (Å²) in [5.41, 5.74) is 3.17. The minimum atomic E-state index is -0.275. The first-order chi connectivity index (χ1) is 15.1. The van der Waals surface area contributed by atoms with Gasteiger partial charge in [-0.15, -0.1) is 0 Å². The molecular formula is C23H23N5O3. The van der Waals surface area contributed by atoms with Crippen LogP contribution in [0.15, 0.2) is 67.1 Å². The number of hydrogen-bond acceptors (Lipinski definition) is 5. The topological polar surface area (TPSA) is 83.2 Å². The molecule has 4 aromatic rings. The third-order valence-electron chi connectivity index (χ3n) is 4.85. The van der Waals surface area contributed by atoms with Crippen molar-refractivity contribution in [2.75, 3.05) is 19.5 Å². The van der Waals surface area contributed by atoms with Gasteiger partial charge >= 0.3 is 0 Å². The number of nitrogens with zero attached hydrogens (tertiary/aromatic N) is 4. The highest BCUT2D eigenvalue weighted by molar-refractivity contribution is 6.08. The summed E-state index contributed by atoms with van der Waals surface area (Å²) in [5, 5.41) is 11.8. The Bertz CT molecular complexity index is 1200. The van der Waals surface area contributed by atoms with Crippen molar-refractivity contribution in [3.05, 3.63) is 72.7 Å². The lowest BCUT2D eigenvalue weighted by Crippen LogP contribution is -2.12. The molecule has 1 N–H and O–H groups in total. The molecule has 1 amide bonds. The number of carbonyl (C=O) groups excluding carboxylic acids is 1. The molecule has 0 aliphatic rings. The number of aryl methyl sites for hydroxylation is 1. The van der Waals surface area contributed by atoms with Crippen LogP contribution in [0.1, 0.15) is 17.3 Å². The van der Waals surface area contributed by atoms with Crippen molar-refractivity contribution in [2.45, 2.75) is 13.5 Å². The summed E-state index contributed by atoms with van der Waals surface area (Å²) in [5.74, 6) is 0.888. The van der Waals surface area contributed by atoms with Crippen molar-refractivity contribution in [1.29, 1.82) is 0 Å². The van der Waals surface area contributed by atoms with E-state index in [1.165, 1.54) is 0 Å². The average molecular weight is 417 g/mol. The molecule has 0 atom stereocenters. The van der Waals surface area contributed by atoms with E-state index in [2.05, 4.69) is 10.4 Å². The van der Waals surface area contributed by atoms with Gasteiger partial charge in [0.05, 0.1) is 37.4 Å². The highest BCUT2D eigenvalue weighted by atomic mass is 16.5. The summed E-state index contributed by atoms with van der Waals surface area (Å²) in [6.45, 7) is 2.70. The summed E-state index contributed by atoms with van der Waals surface area (Å²) in [6.07, 6.45) is 5.13. The number of anilines is 1. The van der Waals surface area contributed by atoms with Gasteiger partial charge in [0.25, 0.3) is 5.91 Å². The number of nitrogens with one attached hydrogen (secondary N) is 1. The molecule has 4 rings (SSSR count). The summed E-state index contributed by atoms with van der Waals surface area (Å²) >= 11 is 0. The number of amides is 1. The maximum atomic E-state index is 13.2. The second-order valence-corrected chi connectivity index (χ2v) is 6.78. The molecule has 2 aromatic heterocycles. The monoisotopic (exact) mass is 417 g/mol. The van der Waals surface area contributed by atoms with Crippen LogP contribution >= 0.6 is 0 Å². The Labute approximate surface area is 180 Å². The van der Waals surface area contributed by atoms with Crippen LogP contribution in [0.5, 0.6) is 11.5 Å². The number of hydrogen-bond donors (Lipinski definition) is 1. The third-order valence-corrected chi connectivity index (χ3v) is 4.85. The van der Waals surface area contributed by atoms with Gasteiger partial charge in [0, 0.05) is 24.5 Å². The lowest BCUT2D eigenvalue weighted by atomic mass is 10.1. The number of aromatic nitrogens is 4. The van der Waals surface area contributed by atoms with Crippen LogP contribution in [-0.2, 0) is 6.54 Å². The SMILES string of the molecule is CCn1cc(NC(=O)c2cn(-c3ccccc3)nc2-c2ccc(OC)c(OC)c2)cn1. The molecule has 31 heavy (non-hydrogen) atoms. The molecule has 0 fully saturated rings. The number of ether oxygens (including phenoxy) is 2. The van der Waals surface area contributed by atoms with Crippen LogP contribution in [0.2, 0.25) is 0 Å². The van der Waals surface area contributed by atoms with Gasteiger partial charge in [-0.05, 0) is 37.3 Å². The smallest absolute Gasteiger partial charge is 0.259 e. The first kappa shape index (κ1) is 20.2. The van der Waals surface area contributed by atoms with Gasteiger partial charge in [-0.1, -0.05) is 18.2 Å². The van der Waals surface area contributed by atoms with E-state index in [0.717, 1.165) is 17.8 Å². The van der Waals surface area contributed by atoms with Crippen LogP contribution < -0.4 is 14.8 Å². The van der Waals surface area contributed by atoms with Crippen molar-refractivity contribution < 1.29 is 14.3 Å². The third kappa shape index (κ3) is 4.13. The summed E-state index contributed by atoms with van der Waals surface area (Å²) in [7, 11) is 3.15. The van der Waals surface area contributed by atoms with Gasteiger partial charge < -0.3 is 14.8 Å². The van der Waals surface area contributed by atoms with Gasteiger partial charge in [-0.2, -0.15) is 10.2 Å². The quantitative estimate of drug-likeness (QED) is 0.491. The first-order valence-electron chi connectivity index (χ1n) is 9.84. The highest BCUT2D eigenvalue weighted by Gasteiger charge is 2.20. The first-order valence-corrected chi connectivity index (χ1v) is 9.84.